The van der Waals surface area contributed by atoms with Crippen molar-refractivity contribution < 1.29 is 9.59 Å². The van der Waals surface area contributed by atoms with Gasteiger partial charge in [-0.2, -0.15) is 9.78 Å². The van der Waals surface area contributed by atoms with Crippen molar-refractivity contribution in [3.8, 4) is 0 Å². The van der Waals surface area contributed by atoms with Crippen LogP contribution >= 0.6 is 0 Å². The average molecular weight is 453 g/mol. The normalized spacial score (nSPS) is 19.1. The standard InChI is InChI=1S/C25H36N6O2/c1-25(2,3)23(32)31-22(28(4)17-19-10-6-5-7-11-19)16-20(27-31)21-18-30(15-12-26-21)24(33)29-13-8-9-14-29/h5-7,10-11,16,21,26H,8-9,12-15,17-18H2,1-4H3. The Kier molecular flexibility index (Phi) is 6.74. The Morgan fingerprint density at radius 3 is 2.45 bits per heavy atom. The monoisotopic (exact) mass is 452 g/mol. The summed E-state index contributed by atoms with van der Waals surface area (Å²) in [4.78, 5) is 32.1. The van der Waals surface area contributed by atoms with Crippen LogP contribution < -0.4 is 10.2 Å². The lowest BCUT2D eigenvalue weighted by atomic mass is 9.96. The van der Waals surface area contributed by atoms with Crippen LogP contribution in [0.25, 0.3) is 0 Å². The number of amides is 2. The van der Waals surface area contributed by atoms with Crippen LogP contribution in [0.15, 0.2) is 36.4 Å². The van der Waals surface area contributed by atoms with Crippen molar-refractivity contribution in [3.05, 3.63) is 47.7 Å². The zero-order valence-electron chi connectivity index (χ0n) is 20.3. The van der Waals surface area contributed by atoms with Crippen LogP contribution in [-0.4, -0.2) is 71.3 Å². The molecule has 3 heterocycles. The second kappa shape index (κ2) is 9.55. The lowest BCUT2D eigenvalue weighted by Crippen LogP contribution is -2.52. The molecule has 0 radical (unpaired) electrons. The van der Waals surface area contributed by atoms with Gasteiger partial charge in [-0.1, -0.05) is 51.1 Å². The number of urea groups is 1. The van der Waals surface area contributed by atoms with Gasteiger partial charge in [0.05, 0.1) is 11.7 Å². The van der Waals surface area contributed by atoms with Crippen LogP contribution in [0.5, 0.6) is 0 Å². The quantitative estimate of drug-likeness (QED) is 0.770. The molecular formula is C25H36N6O2. The Labute approximate surface area is 196 Å². The van der Waals surface area contributed by atoms with E-state index in [4.69, 9.17) is 5.10 Å². The van der Waals surface area contributed by atoms with Crippen LogP contribution in [0, 0.1) is 5.41 Å². The molecule has 2 saturated heterocycles. The molecular weight excluding hydrogens is 416 g/mol. The topological polar surface area (TPSA) is 73.7 Å². The summed E-state index contributed by atoms with van der Waals surface area (Å²) in [6, 6.07) is 12.2. The van der Waals surface area contributed by atoms with Crippen LogP contribution in [0.3, 0.4) is 0 Å². The van der Waals surface area contributed by atoms with Gasteiger partial charge in [-0.3, -0.25) is 4.79 Å². The zero-order chi connectivity index (χ0) is 23.6. The molecule has 4 rings (SSSR count). The molecule has 0 saturated carbocycles. The fourth-order valence-electron chi connectivity index (χ4n) is 4.47. The molecule has 178 valence electrons. The van der Waals surface area contributed by atoms with Gasteiger partial charge in [0.15, 0.2) is 0 Å². The Hall–Kier alpha value is -2.87. The van der Waals surface area contributed by atoms with Crippen molar-refractivity contribution in [1.29, 1.82) is 0 Å². The van der Waals surface area contributed by atoms with Gasteiger partial charge in [0, 0.05) is 57.8 Å². The van der Waals surface area contributed by atoms with Gasteiger partial charge in [0.25, 0.3) is 5.91 Å². The van der Waals surface area contributed by atoms with Crippen LogP contribution in [0.1, 0.15) is 55.7 Å². The minimum Gasteiger partial charge on any atom is -0.355 e. The minimum absolute atomic E-state index is 0.0514. The molecule has 2 aliphatic heterocycles. The third-order valence-corrected chi connectivity index (χ3v) is 6.38. The van der Waals surface area contributed by atoms with E-state index < -0.39 is 5.41 Å². The summed E-state index contributed by atoms with van der Waals surface area (Å²) in [6.07, 6.45) is 2.16. The number of anilines is 1. The molecule has 33 heavy (non-hydrogen) atoms. The first kappa shape index (κ1) is 23.3. The number of hydrogen-bond acceptors (Lipinski definition) is 5. The summed E-state index contributed by atoms with van der Waals surface area (Å²) in [5.41, 5.74) is 1.39. The number of hydrogen-bond donors (Lipinski definition) is 1. The Balaban J connectivity index is 1.58. The van der Waals surface area contributed by atoms with E-state index in [2.05, 4.69) is 22.3 Å². The molecule has 2 amide bonds. The fraction of sp³-hybridized carbons (Fsp3) is 0.560. The molecule has 8 nitrogen and oxygen atoms in total. The molecule has 1 unspecified atom stereocenters. The predicted octanol–water partition coefficient (Wildman–Crippen LogP) is 3.37. The van der Waals surface area contributed by atoms with Crippen molar-refractivity contribution in [2.75, 3.05) is 44.7 Å². The number of piperazine rings is 1. The van der Waals surface area contributed by atoms with Crippen molar-refractivity contribution in [1.82, 2.24) is 24.9 Å². The van der Waals surface area contributed by atoms with Gasteiger partial charge in [0.2, 0.25) is 0 Å². The van der Waals surface area contributed by atoms with Gasteiger partial charge in [0.1, 0.15) is 5.82 Å². The Bertz CT molecular complexity index is 975. The number of rotatable bonds is 4. The largest absolute Gasteiger partial charge is 0.355 e. The summed E-state index contributed by atoms with van der Waals surface area (Å²) >= 11 is 0. The van der Waals surface area contributed by atoms with Gasteiger partial charge < -0.3 is 20.0 Å². The first-order chi connectivity index (χ1) is 15.7. The maximum absolute atomic E-state index is 13.3. The average Bonchev–Trinajstić information content (AvgIpc) is 3.49. The highest BCUT2D eigenvalue weighted by molar-refractivity contribution is 5.86. The molecule has 0 spiro atoms. The van der Waals surface area contributed by atoms with Gasteiger partial charge in [-0.15, -0.1) is 0 Å². The highest BCUT2D eigenvalue weighted by Crippen LogP contribution is 2.27. The van der Waals surface area contributed by atoms with Crippen molar-refractivity contribution in [3.63, 3.8) is 0 Å². The molecule has 1 aromatic carbocycles. The number of nitrogens with one attached hydrogen (secondary N) is 1. The molecule has 1 N–H and O–H groups in total. The molecule has 0 aliphatic carbocycles. The van der Waals surface area contributed by atoms with Gasteiger partial charge in [-0.05, 0) is 18.4 Å². The van der Waals surface area contributed by atoms with E-state index >= 15 is 0 Å². The Morgan fingerprint density at radius 1 is 1.09 bits per heavy atom. The highest BCUT2D eigenvalue weighted by atomic mass is 16.2. The van der Waals surface area contributed by atoms with Crippen molar-refractivity contribution >= 4 is 17.8 Å². The maximum atomic E-state index is 13.3. The van der Waals surface area contributed by atoms with Crippen LogP contribution in [0.2, 0.25) is 0 Å². The third kappa shape index (κ3) is 5.21. The van der Waals surface area contributed by atoms with E-state index in [9.17, 15) is 9.59 Å². The smallest absolute Gasteiger partial charge is 0.320 e. The zero-order valence-corrected chi connectivity index (χ0v) is 20.3. The van der Waals surface area contributed by atoms with Crippen LogP contribution in [0.4, 0.5) is 10.6 Å². The second-order valence-corrected chi connectivity index (χ2v) is 10.2. The number of carbonyl (C=O) groups excluding carboxylic acids is 2. The first-order valence-electron chi connectivity index (χ1n) is 11.9. The summed E-state index contributed by atoms with van der Waals surface area (Å²) in [6.45, 7) is 10.0. The number of nitrogens with zero attached hydrogens (tertiary/aromatic N) is 5. The predicted molar refractivity (Wildman–Crippen MR) is 129 cm³/mol. The number of likely N-dealkylation sites (tertiary alicyclic amines) is 1. The molecule has 0 bridgehead atoms. The second-order valence-electron chi connectivity index (χ2n) is 10.2. The van der Waals surface area contributed by atoms with E-state index in [0.29, 0.717) is 26.2 Å². The maximum Gasteiger partial charge on any atom is 0.320 e. The number of benzene rings is 1. The molecule has 1 atom stereocenters. The third-order valence-electron chi connectivity index (χ3n) is 6.38. The van der Waals surface area contributed by atoms with E-state index in [1.165, 1.54) is 0 Å². The SMILES string of the molecule is CN(Cc1ccccc1)c1cc(C2CN(C(=O)N3CCCC3)CCN2)nn1C(=O)C(C)(C)C. The van der Waals surface area contributed by atoms with Crippen molar-refractivity contribution in [2.45, 2.75) is 46.2 Å². The Morgan fingerprint density at radius 2 is 1.79 bits per heavy atom. The van der Waals surface area contributed by atoms with Crippen molar-refractivity contribution in [2.24, 2.45) is 5.41 Å². The molecule has 2 fully saturated rings. The van der Waals surface area contributed by atoms with Gasteiger partial charge >= 0.3 is 6.03 Å². The summed E-state index contributed by atoms with van der Waals surface area (Å²) in [5, 5.41) is 8.27. The van der Waals surface area contributed by atoms with E-state index in [-0.39, 0.29) is 18.0 Å². The van der Waals surface area contributed by atoms with Gasteiger partial charge in [-0.25, -0.2) is 4.79 Å². The lowest BCUT2D eigenvalue weighted by Gasteiger charge is -2.35. The number of aromatic nitrogens is 2. The molecule has 2 aromatic rings. The lowest BCUT2D eigenvalue weighted by molar-refractivity contribution is 0.0749. The summed E-state index contributed by atoms with van der Waals surface area (Å²) < 4.78 is 1.54. The van der Waals surface area contributed by atoms with Crippen LogP contribution in [-0.2, 0) is 6.54 Å². The first-order valence-corrected chi connectivity index (χ1v) is 11.9. The summed E-state index contributed by atoms with van der Waals surface area (Å²) in [7, 11) is 1.98. The minimum atomic E-state index is -0.566. The molecule has 2 aliphatic rings. The van der Waals surface area contributed by atoms with E-state index in [1.54, 1.807) is 4.68 Å². The fourth-order valence-corrected chi connectivity index (χ4v) is 4.47. The highest BCUT2D eigenvalue weighted by Gasteiger charge is 2.33. The molecule has 8 heteroatoms. The van der Waals surface area contributed by atoms with E-state index in [0.717, 1.165) is 43.0 Å². The number of carbonyl (C=O) groups is 2. The van der Waals surface area contributed by atoms with E-state index in [1.807, 2.05) is 61.9 Å². The molecule has 1 aromatic heterocycles. The summed E-state index contributed by atoms with van der Waals surface area (Å²) in [5.74, 6) is 0.711.